The average Bonchev–Trinajstić information content (AvgIpc) is 3.20. The Morgan fingerprint density at radius 2 is 1.82 bits per heavy atom. The van der Waals surface area contributed by atoms with E-state index in [1.165, 1.54) is 23.9 Å². The van der Waals surface area contributed by atoms with Gasteiger partial charge in [-0.2, -0.15) is 0 Å². The Kier molecular flexibility index (Phi) is 6.90. The third-order valence-electron chi connectivity index (χ3n) is 7.76. The third-order valence-corrected chi connectivity index (χ3v) is 9.46. The lowest BCUT2D eigenvalue weighted by atomic mass is 9.91. The first kappa shape index (κ1) is 26.2. The van der Waals surface area contributed by atoms with Crippen LogP contribution in [-0.4, -0.2) is 49.5 Å². The van der Waals surface area contributed by atoms with Crippen molar-refractivity contribution in [2.45, 2.75) is 61.4 Å². The quantitative estimate of drug-likeness (QED) is 0.500. The molecule has 38 heavy (non-hydrogen) atoms. The standard InChI is InChI=1S/C29H35N5O3S/c1-20-17-29(2,3)34(18-20)28-26(27(30)35)23(14-15-31-28)38(36,37)25-13-7-12-24(32-25)33-16-8-11-22(19-33)21-9-5-4-6-10-21/h4-7,9-10,12-15,20,22H,8,11,16-19H2,1-3H3,(H2,30,35). The smallest absolute Gasteiger partial charge is 0.253 e. The highest BCUT2D eigenvalue weighted by Crippen LogP contribution is 2.39. The Morgan fingerprint density at radius 3 is 2.50 bits per heavy atom. The molecule has 0 bridgehead atoms. The zero-order valence-corrected chi connectivity index (χ0v) is 23.0. The maximum absolute atomic E-state index is 13.9. The number of aromatic nitrogens is 2. The second kappa shape index (κ2) is 10.0. The van der Waals surface area contributed by atoms with Crippen LogP contribution in [0.3, 0.4) is 0 Å². The fourth-order valence-corrected chi connectivity index (χ4v) is 7.48. The largest absolute Gasteiger partial charge is 0.365 e. The van der Waals surface area contributed by atoms with Crippen molar-refractivity contribution in [3.05, 3.63) is 71.9 Å². The van der Waals surface area contributed by atoms with E-state index in [0.717, 1.165) is 32.4 Å². The fraction of sp³-hybridized carbons (Fsp3) is 0.414. The number of piperidine rings is 1. The van der Waals surface area contributed by atoms with Gasteiger partial charge in [0.05, 0.1) is 4.90 Å². The van der Waals surface area contributed by atoms with E-state index >= 15 is 0 Å². The van der Waals surface area contributed by atoms with E-state index in [0.29, 0.717) is 30.0 Å². The topological polar surface area (TPSA) is 109 Å². The van der Waals surface area contributed by atoms with Crippen LogP contribution in [0, 0.1) is 5.92 Å². The summed E-state index contributed by atoms with van der Waals surface area (Å²) >= 11 is 0. The van der Waals surface area contributed by atoms with E-state index in [4.69, 9.17) is 5.73 Å². The number of nitrogens with zero attached hydrogens (tertiary/aromatic N) is 4. The minimum Gasteiger partial charge on any atom is -0.365 e. The van der Waals surface area contributed by atoms with Gasteiger partial charge in [-0.05, 0) is 62.8 Å². The molecule has 8 nitrogen and oxygen atoms in total. The maximum Gasteiger partial charge on any atom is 0.253 e. The van der Waals surface area contributed by atoms with Gasteiger partial charge in [0.1, 0.15) is 17.2 Å². The predicted octanol–water partition coefficient (Wildman–Crippen LogP) is 4.42. The molecule has 9 heteroatoms. The van der Waals surface area contributed by atoms with E-state index in [-0.39, 0.29) is 21.0 Å². The molecule has 2 aromatic heterocycles. The van der Waals surface area contributed by atoms with Gasteiger partial charge < -0.3 is 15.5 Å². The van der Waals surface area contributed by atoms with Crippen LogP contribution in [0.2, 0.25) is 0 Å². The number of amides is 1. The fourth-order valence-electron chi connectivity index (χ4n) is 6.08. The zero-order chi connectivity index (χ0) is 27.1. The summed E-state index contributed by atoms with van der Waals surface area (Å²) < 4.78 is 27.9. The summed E-state index contributed by atoms with van der Waals surface area (Å²) in [5, 5.41) is -0.106. The minimum atomic E-state index is -4.15. The van der Waals surface area contributed by atoms with Gasteiger partial charge in [-0.3, -0.25) is 4.79 Å². The number of sulfone groups is 1. The van der Waals surface area contributed by atoms with Crippen LogP contribution in [0.25, 0.3) is 0 Å². The summed E-state index contributed by atoms with van der Waals surface area (Å²) in [6, 6.07) is 16.7. The number of nitrogens with two attached hydrogens (primary N) is 1. The second-order valence-electron chi connectivity index (χ2n) is 11.1. The van der Waals surface area contributed by atoms with Crippen molar-refractivity contribution >= 4 is 27.4 Å². The van der Waals surface area contributed by atoms with Crippen molar-refractivity contribution in [2.24, 2.45) is 11.7 Å². The molecule has 1 aromatic carbocycles. The predicted molar refractivity (Wildman–Crippen MR) is 148 cm³/mol. The maximum atomic E-state index is 13.9. The molecule has 2 N–H and O–H groups in total. The van der Waals surface area contributed by atoms with Gasteiger partial charge in [0, 0.05) is 37.3 Å². The first-order valence-electron chi connectivity index (χ1n) is 13.2. The lowest BCUT2D eigenvalue weighted by molar-refractivity contribution is 0.0997. The number of carbonyl (C=O) groups excluding carboxylic acids is 1. The number of carbonyl (C=O) groups is 1. The number of benzene rings is 1. The molecule has 0 radical (unpaired) electrons. The van der Waals surface area contributed by atoms with Crippen LogP contribution in [0.5, 0.6) is 0 Å². The Bertz CT molecular complexity index is 1440. The number of hydrogen-bond acceptors (Lipinski definition) is 7. The lowest BCUT2D eigenvalue weighted by Gasteiger charge is -2.34. The Balaban J connectivity index is 1.51. The number of hydrogen-bond donors (Lipinski definition) is 1. The molecule has 3 aromatic rings. The number of pyridine rings is 2. The summed E-state index contributed by atoms with van der Waals surface area (Å²) in [5.74, 6) is 0.819. The van der Waals surface area contributed by atoms with Crippen LogP contribution in [0.1, 0.15) is 61.9 Å². The number of primary amides is 1. The molecular formula is C29H35N5O3S. The van der Waals surface area contributed by atoms with Crippen molar-refractivity contribution in [2.75, 3.05) is 29.4 Å². The summed E-state index contributed by atoms with van der Waals surface area (Å²) in [6.07, 6.45) is 4.40. The molecule has 2 aliphatic rings. The zero-order valence-electron chi connectivity index (χ0n) is 22.2. The first-order valence-corrected chi connectivity index (χ1v) is 14.6. The average molecular weight is 534 g/mol. The van der Waals surface area contributed by atoms with Crippen molar-refractivity contribution in [3.8, 4) is 0 Å². The van der Waals surface area contributed by atoms with Crippen LogP contribution in [-0.2, 0) is 9.84 Å². The van der Waals surface area contributed by atoms with Crippen LogP contribution in [0.15, 0.2) is 70.7 Å². The van der Waals surface area contributed by atoms with E-state index < -0.39 is 15.7 Å². The van der Waals surface area contributed by atoms with Gasteiger partial charge in [0.15, 0.2) is 5.03 Å². The SMILES string of the molecule is CC1CN(c2nccc(S(=O)(=O)c3cccc(N4CCCC(c5ccccc5)C4)n3)c2C(N)=O)C(C)(C)C1. The normalized spacial score (nSPS) is 21.4. The molecule has 2 aliphatic heterocycles. The molecule has 1 amide bonds. The molecular weight excluding hydrogens is 498 g/mol. The Labute approximate surface area is 224 Å². The van der Waals surface area contributed by atoms with Gasteiger partial charge in [-0.25, -0.2) is 18.4 Å². The molecule has 2 saturated heterocycles. The summed E-state index contributed by atoms with van der Waals surface area (Å²) in [6.45, 7) is 8.48. The van der Waals surface area contributed by atoms with Gasteiger partial charge in [0.25, 0.3) is 5.91 Å². The van der Waals surface area contributed by atoms with Crippen molar-refractivity contribution in [1.82, 2.24) is 9.97 Å². The second-order valence-corrected chi connectivity index (χ2v) is 13.0. The van der Waals surface area contributed by atoms with Crippen LogP contribution < -0.4 is 15.5 Å². The summed E-state index contributed by atoms with van der Waals surface area (Å²) in [7, 11) is -4.15. The van der Waals surface area contributed by atoms with Crippen LogP contribution >= 0.6 is 0 Å². The van der Waals surface area contributed by atoms with Crippen molar-refractivity contribution < 1.29 is 13.2 Å². The van der Waals surface area contributed by atoms with Gasteiger partial charge in [-0.1, -0.05) is 43.3 Å². The molecule has 200 valence electrons. The highest BCUT2D eigenvalue weighted by molar-refractivity contribution is 7.91. The monoisotopic (exact) mass is 533 g/mol. The van der Waals surface area contributed by atoms with Crippen molar-refractivity contribution in [1.29, 1.82) is 0 Å². The van der Waals surface area contributed by atoms with Gasteiger partial charge >= 0.3 is 0 Å². The highest BCUT2D eigenvalue weighted by Gasteiger charge is 2.40. The number of rotatable bonds is 6. The molecule has 5 rings (SSSR count). The summed E-state index contributed by atoms with van der Waals surface area (Å²) in [5.41, 5.74) is 6.70. The van der Waals surface area contributed by atoms with E-state index in [1.54, 1.807) is 6.07 Å². The van der Waals surface area contributed by atoms with Crippen molar-refractivity contribution in [3.63, 3.8) is 0 Å². The van der Waals surface area contributed by atoms with E-state index in [2.05, 4.69) is 47.8 Å². The molecule has 0 spiro atoms. The Hall–Kier alpha value is -3.46. The van der Waals surface area contributed by atoms with E-state index in [1.807, 2.05) is 29.2 Å². The molecule has 0 aliphatic carbocycles. The molecule has 0 saturated carbocycles. The summed E-state index contributed by atoms with van der Waals surface area (Å²) in [4.78, 5) is 25.7. The minimum absolute atomic E-state index is 0.0796. The van der Waals surface area contributed by atoms with E-state index in [9.17, 15) is 13.2 Å². The Morgan fingerprint density at radius 1 is 1.05 bits per heavy atom. The number of anilines is 2. The van der Waals surface area contributed by atoms with Gasteiger partial charge in [0.2, 0.25) is 9.84 Å². The first-order chi connectivity index (χ1) is 18.1. The molecule has 2 atom stereocenters. The molecule has 2 fully saturated rings. The highest BCUT2D eigenvalue weighted by atomic mass is 32.2. The van der Waals surface area contributed by atoms with Crippen LogP contribution in [0.4, 0.5) is 11.6 Å². The third kappa shape index (κ3) is 4.87. The molecule has 2 unspecified atom stereocenters. The molecule has 4 heterocycles. The lowest BCUT2D eigenvalue weighted by Crippen LogP contribution is -2.40. The van der Waals surface area contributed by atoms with Gasteiger partial charge in [-0.15, -0.1) is 0 Å².